The summed E-state index contributed by atoms with van der Waals surface area (Å²) in [5.41, 5.74) is 0.880. The van der Waals surface area contributed by atoms with Crippen LogP contribution in [-0.4, -0.2) is 43.6 Å². The highest BCUT2D eigenvalue weighted by molar-refractivity contribution is 5.85. The van der Waals surface area contributed by atoms with Crippen molar-refractivity contribution in [1.82, 2.24) is 15.5 Å². The molecule has 6 nitrogen and oxygen atoms in total. The molecule has 0 aliphatic carbocycles. The molecule has 0 bridgehead atoms. The van der Waals surface area contributed by atoms with Crippen molar-refractivity contribution < 1.29 is 14.0 Å². The van der Waals surface area contributed by atoms with Crippen LogP contribution in [0.1, 0.15) is 12.7 Å². The van der Waals surface area contributed by atoms with Gasteiger partial charge in [0.15, 0.2) is 5.82 Å². The minimum atomic E-state index is 0. The number of rotatable bonds is 8. The highest BCUT2D eigenvalue weighted by Gasteiger charge is 2.11. The fourth-order valence-electron chi connectivity index (χ4n) is 1.77. The number of likely N-dealkylation sites (N-methyl/N-ethyl adjacent to an activating group) is 1. The number of halogens is 1. The van der Waals surface area contributed by atoms with Crippen LogP contribution in [0, 0.1) is 0 Å². The maximum absolute atomic E-state index is 5.51. The van der Waals surface area contributed by atoms with Gasteiger partial charge in [-0.15, -0.1) is 12.4 Å². The first-order valence-electron chi connectivity index (χ1n) is 6.95. The molecular formula is C15H22ClN3O3. The van der Waals surface area contributed by atoms with Crippen molar-refractivity contribution in [1.29, 1.82) is 0 Å². The van der Waals surface area contributed by atoms with Crippen molar-refractivity contribution in [2.24, 2.45) is 0 Å². The van der Waals surface area contributed by atoms with Crippen LogP contribution in [0.15, 0.2) is 28.8 Å². The Hall–Kier alpha value is -1.63. The zero-order valence-corrected chi connectivity index (χ0v) is 13.9. The van der Waals surface area contributed by atoms with Gasteiger partial charge in [0.25, 0.3) is 5.89 Å². The average Bonchev–Trinajstić information content (AvgIpc) is 2.96. The predicted molar refractivity (Wildman–Crippen MR) is 86.6 cm³/mol. The molecule has 7 heteroatoms. The minimum Gasteiger partial charge on any atom is -0.491 e. The average molecular weight is 328 g/mol. The summed E-state index contributed by atoms with van der Waals surface area (Å²) in [5.74, 6) is 2.02. The zero-order valence-electron chi connectivity index (χ0n) is 13.0. The van der Waals surface area contributed by atoms with Crippen molar-refractivity contribution in [3.05, 3.63) is 30.1 Å². The fourth-order valence-corrected chi connectivity index (χ4v) is 1.77. The lowest BCUT2D eigenvalue weighted by molar-refractivity contribution is 0.146. The number of methoxy groups -OCH3 is 1. The molecule has 122 valence electrons. The van der Waals surface area contributed by atoms with Crippen LogP contribution in [0.25, 0.3) is 11.5 Å². The Kier molecular flexibility index (Phi) is 7.87. The summed E-state index contributed by atoms with van der Waals surface area (Å²) in [7, 11) is 3.56. The molecule has 1 heterocycles. The number of nitrogens with one attached hydrogen (secondary N) is 1. The van der Waals surface area contributed by atoms with E-state index in [4.69, 9.17) is 14.0 Å². The smallest absolute Gasteiger partial charge is 0.257 e. The van der Waals surface area contributed by atoms with Crippen LogP contribution >= 0.6 is 12.4 Å². The van der Waals surface area contributed by atoms with Gasteiger partial charge in [0.1, 0.15) is 12.4 Å². The number of aromatic nitrogens is 2. The Morgan fingerprint density at radius 2 is 1.95 bits per heavy atom. The second kappa shape index (κ2) is 9.40. The van der Waals surface area contributed by atoms with Crippen LogP contribution in [0.4, 0.5) is 0 Å². The standard InChI is InChI=1S/C15H21N3O3.ClH/c1-11(16-2)10-14-17-15(21-18-14)12-4-6-13(7-5-12)20-9-8-19-3;/h4-7,11,16H,8-10H2,1-3H3;1H. The number of nitrogens with zero attached hydrogens (tertiary/aromatic N) is 2. The molecule has 0 saturated heterocycles. The maximum Gasteiger partial charge on any atom is 0.257 e. The Labute approximate surface area is 136 Å². The monoisotopic (exact) mass is 327 g/mol. The second-order valence-electron chi connectivity index (χ2n) is 4.78. The van der Waals surface area contributed by atoms with Crippen molar-refractivity contribution in [2.75, 3.05) is 27.4 Å². The summed E-state index contributed by atoms with van der Waals surface area (Å²) in [6.07, 6.45) is 0.734. The van der Waals surface area contributed by atoms with E-state index >= 15 is 0 Å². The van der Waals surface area contributed by atoms with E-state index in [2.05, 4.69) is 22.4 Å². The van der Waals surface area contributed by atoms with Gasteiger partial charge in [-0.1, -0.05) is 5.16 Å². The Morgan fingerprint density at radius 1 is 1.23 bits per heavy atom. The van der Waals surface area contributed by atoms with E-state index in [1.165, 1.54) is 0 Å². The number of hydrogen-bond acceptors (Lipinski definition) is 6. The number of hydrogen-bond donors (Lipinski definition) is 1. The third kappa shape index (κ3) is 5.29. The largest absolute Gasteiger partial charge is 0.491 e. The van der Waals surface area contributed by atoms with Crippen molar-refractivity contribution >= 4 is 12.4 Å². The third-order valence-corrected chi connectivity index (χ3v) is 3.11. The second-order valence-corrected chi connectivity index (χ2v) is 4.78. The molecule has 1 atom stereocenters. The molecule has 1 N–H and O–H groups in total. The Balaban J connectivity index is 0.00000242. The predicted octanol–water partition coefficient (Wildman–Crippen LogP) is 2.33. The summed E-state index contributed by atoms with van der Waals surface area (Å²) in [6, 6.07) is 7.88. The number of benzene rings is 1. The molecule has 22 heavy (non-hydrogen) atoms. The van der Waals surface area contributed by atoms with E-state index in [-0.39, 0.29) is 12.4 Å². The van der Waals surface area contributed by atoms with Gasteiger partial charge in [0, 0.05) is 25.1 Å². The van der Waals surface area contributed by atoms with Crippen LogP contribution in [-0.2, 0) is 11.2 Å². The number of ether oxygens (including phenoxy) is 2. The minimum absolute atomic E-state index is 0. The summed E-state index contributed by atoms with van der Waals surface area (Å²) >= 11 is 0. The van der Waals surface area contributed by atoms with E-state index in [0.717, 1.165) is 17.7 Å². The van der Waals surface area contributed by atoms with Crippen LogP contribution in [0.2, 0.25) is 0 Å². The molecule has 0 spiro atoms. The molecule has 0 radical (unpaired) electrons. The molecule has 0 fully saturated rings. The quantitative estimate of drug-likeness (QED) is 0.750. The van der Waals surface area contributed by atoms with Crippen LogP contribution in [0.5, 0.6) is 5.75 Å². The van der Waals surface area contributed by atoms with Gasteiger partial charge in [-0.3, -0.25) is 0 Å². The van der Waals surface area contributed by atoms with E-state index in [1.54, 1.807) is 7.11 Å². The SMILES string of the molecule is CNC(C)Cc1noc(-c2ccc(OCCOC)cc2)n1.Cl. The lowest BCUT2D eigenvalue weighted by Crippen LogP contribution is -2.24. The summed E-state index contributed by atoms with van der Waals surface area (Å²) in [5, 5.41) is 7.14. The van der Waals surface area contributed by atoms with E-state index in [9.17, 15) is 0 Å². The molecule has 1 aromatic carbocycles. The van der Waals surface area contributed by atoms with Crippen LogP contribution < -0.4 is 10.1 Å². The Morgan fingerprint density at radius 3 is 2.59 bits per heavy atom. The van der Waals surface area contributed by atoms with E-state index in [1.807, 2.05) is 31.3 Å². The van der Waals surface area contributed by atoms with Gasteiger partial charge in [0.2, 0.25) is 0 Å². The topological polar surface area (TPSA) is 69.4 Å². The molecule has 1 aromatic heterocycles. The first-order chi connectivity index (χ1) is 10.2. The molecule has 0 amide bonds. The first kappa shape index (κ1) is 18.4. The lowest BCUT2D eigenvalue weighted by Gasteiger charge is -2.05. The summed E-state index contributed by atoms with van der Waals surface area (Å²) < 4.78 is 15.7. The normalized spacial score (nSPS) is 11.8. The van der Waals surface area contributed by atoms with E-state index < -0.39 is 0 Å². The molecule has 2 aromatic rings. The highest BCUT2D eigenvalue weighted by atomic mass is 35.5. The molecule has 2 rings (SSSR count). The van der Waals surface area contributed by atoms with Gasteiger partial charge in [-0.05, 0) is 38.2 Å². The third-order valence-electron chi connectivity index (χ3n) is 3.11. The zero-order chi connectivity index (χ0) is 15.1. The lowest BCUT2D eigenvalue weighted by atomic mass is 10.2. The molecular weight excluding hydrogens is 306 g/mol. The van der Waals surface area contributed by atoms with E-state index in [0.29, 0.717) is 31.0 Å². The van der Waals surface area contributed by atoms with Crippen molar-refractivity contribution in [3.8, 4) is 17.2 Å². The van der Waals surface area contributed by atoms with Crippen molar-refractivity contribution in [2.45, 2.75) is 19.4 Å². The first-order valence-corrected chi connectivity index (χ1v) is 6.95. The van der Waals surface area contributed by atoms with Crippen LogP contribution in [0.3, 0.4) is 0 Å². The van der Waals surface area contributed by atoms with Gasteiger partial charge >= 0.3 is 0 Å². The van der Waals surface area contributed by atoms with Gasteiger partial charge in [0.05, 0.1) is 6.61 Å². The van der Waals surface area contributed by atoms with Gasteiger partial charge < -0.3 is 19.3 Å². The summed E-state index contributed by atoms with van der Waals surface area (Å²) in [4.78, 5) is 4.39. The van der Waals surface area contributed by atoms with Gasteiger partial charge in [-0.2, -0.15) is 4.98 Å². The molecule has 0 aliphatic rings. The molecule has 0 saturated carbocycles. The molecule has 0 aliphatic heterocycles. The van der Waals surface area contributed by atoms with Gasteiger partial charge in [-0.25, -0.2) is 0 Å². The molecule has 1 unspecified atom stereocenters. The summed E-state index contributed by atoms with van der Waals surface area (Å²) in [6.45, 7) is 3.17. The highest BCUT2D eigenvalue weighted by Crippen LogP contribution is 2.21. The maximum atomic E-state index is 5.51. The van der Waals surface area contributed by atoms with Crippen molar-refractivity contribution in [3.63, 3.8) is 0 Å². The Bertz CT molecular complexity index is 545. The fraction of sp³-hybridized carbons (Fsp3) is 0.467.